The molecule has 0 atom stereocenters. The Hall–Kier alpha value is -2.46. The monoisotopic (exact) mass is 265 g/mol. The summed E-state index contributed by atoms with van der Waals surface area (Å²) < 4.78 is 5.93. The van der Waals surface area contributed by atoms with Gasteiger partial charge < -0.3 is 10.5 Å². The second kappa shape index (κ2) is 5.27. The van der Waals surface area contributed by atoms with Crippen LogP contribution in [0.2, 0.25) is 0 Å². The van der Waals surface area contributed by atoms with Crippen molar-refractivity contribution in [2.24, 2.45) is 5.73 Å². The van der Waals surface area contributed by atoms with E-state index in [1.54, 1.807) is 12.4 Å². The largest absolute Gasteiger partial charge is 0.438 e. The lowest BCUT2D eigenvalue weighted by Gasteiger charge is -2.10. The zero-order chi connectivity index (χ0) is 13.9. The van der Waals surface area contributed by atoms with Gasteiger partial charge in [0.05, 0.1) is 5.52 Å². The van der Waals surface area contributed by atoms with Gasteiger partial charge in [-0.3, -0.25) is 4.98 Å². The molecule has 0 saturated carbocycles. The molecule has 0 bridgehead atoms. The molecule has 2 heterocycles. The molecule has 2 aromatic heterocycles. The van der Waals surface area contributed by atoms with Crippen LogP contribution in [-0.2, 0) is 6.54 Å². The maximum Gasteiger partial charge on any atom is 0.222 e. The lowest BCUT2D eigenvalue weighted by Crippen LogP contribution is -1.99. The fourth-order valence-corrected chi connectivity index (χ4v) is 2.11. The van der Waals surface area contributed by atoms with Gasteiger partial charge in [0.1, 0.15) is 5.75 Å². The standard InChI is InChI=1S/C16H15N3O/c1-11-8-12(9-17)10-19-16(11)20-15-6-2-5-14-13(15)4-3-7-18-14/h2-8,10H,9,17H2,1H3. The molecule has 0 amide bonds. The van der Waals surface area contributed by atoms with Crippen LogP contribution in [0.25, 0.3) is 10.9 Å². The van der Waals surface area contributed by atoms with Crippen LogP contribution in [0.1, 0.15) is 11.1 Å². The summed E-state index contributed by atoms with van der Waals surface area (Å²) >= 11 is 0. The van der Waals surface area contributed by atoms with Crippen molar-refractivity contribution < 1.29 is 4.74 Å². The van der Waals surface area contributed by atoms with Gasteiger partial charge in [0.25, 0.3) is 0 Å². The van der Waals surface area contributed by atoms with Crippen LogP contribution >= 0.6 is 0 Å². The lowest BCUT2D eigenvalue weighted by atomic mass is 10.2. The third-order valence-corrected chi connectivity index (χ3v) is 3.13. The quantitative estimate of drug-likeness (QED) is 0.790. The molecule has 0 fully saturated rings. The number of pyridine rings is 2. The van der Waals surface area contributed by atoms with Gasteiger partial charge in [-0.1, -0.05) is 6.07 Å². The minimum Gasteiger partial charge on any atom is -0.438 e. The lowest BCUT2D eigenvalue weighted by molar-refractivity contribution is 0.463. The number of hydrogen-bond donors (Lipinski definition) is 1. The summed E-state index contributed by atoms with van der Waals surface area (Å²) in [5.74, 6) is 1.35. The summed E-state index contributed by atoms with van der Waals surface area (Å²) in [5, 5.41) is 0.971. The van der Waals surface area contributed by atoms with E-state index < -0.39 is 0 Å². The van der Waals surface area contributed by atoms with Crippen molar-refractivity contribution in [3.05, 3.63) is 59.9 Å². The van der Waals surface area contributed by atoms with Gasteiger partial charge in [0, 0.05) is 29.9 Å². The number of ether oxygens (including phenoxy) is 1. The predicted octanol–water partition coefficient (Wildman–Crippen LogP) is 3.19. The van der Waals surface area contributed by atoms with Crippen LogP contribution in [0, 0.1) is 6.92 Å². The summed E-state index contributed by atoms with van der Waals surface area (Å²) in [6, 6.07) is 11.7. The first-order valence-electron chi connectivity index (χ1n) is 6.45. The molecule has 20 heavy (non-hydrogen) atoms. The summed E-state index contributed by atoms with van der Waals surface area (Å²) in [5.41, 5.74) is 8.47. The van der Waals surface area contributed by atoms with E-state index in [-0.39, 0.29) is 0 Å². The van der Waals surface area contributed by atoms with Gasteiger partial charge in [0.2, 0.25) is 5.88 Å². The van der Waals surface area contributed by atoms with E-state index in [1.165, 1.54) is 0 Å². The Morgan fingerprint density at radius 2 is 2.05 bits per heavy atom. The van der Waals surface area contributed by atoms with E-state index >= 15 is 0 Å². The van der Waals surface area contributed by atoms with Crippen molar-refractivity contribution in [2.45, 2.75) is 13.5 Å². The Morgan fingerprint density at radius 3 is 2.85 bits per heavy atom. The van der Waals surface area contributed by atoms with Crippen LogP contribution in [-0.4, -0.2) is 9.97 Å². The van der Waals surface area contributed by atoms with Crippen molar-refractivity contribution in [1.82, 2.24) is 9.97 Å². The van der Waals surface area contributed by atoms with Crippen molar-refractivity contribution in [1.29, 1.82) is 0 Å². The highest BCUT2D eigenvalue weighted by molar-refractivity contribution is 5.85. The van der Waals surface area contributed by atoms with E-state index in [1.807, 2.05) is 43.3 Å². The Labute approximate surface area is 117 Å². The van der Waals surface area contributed by atoms with E-state index in [9.17, 15) is 0 Å². The Morgan fingerprint density at radius 1 is 1.15 bits per heavy atom. The maximum atomic E-state index is 5.93. The first-order valence-corrected chi connectivity index (χ1v) is 6.45. The molecular weight excluding hydrogens is 250 g/mol. The Balaban J connectivity index is 2.01. The molecule has 0 spiro atoms. The van der Waals surface area contributed by atoms with Gasteiger partial charge in [-0.15, -0.1) is 0 Å². The second-order valence-corrected chi connectivity index (χ2v) is 4.60. The second-order valence-electron chi connectivity index (χ2n) is 4.60. The molecule has 4 heteroatoms. The average molecular weight is 265 g/mol. The zero-order valence-electron chi connectivity index (χ0n) is 11.2. The van der Waals surface area contributed by atoms with Gasteiger partial charge >= 0.3 is 0 Å². The number of aryl methyl sites for hydroxylation is 1. The van der Waals surface area contributed by atoms with Crippen molar-refractivity contribution in [2.75, 3.05) is 0 Å². The predicted molar refractivity (Wildman–Crippen MR) is 78.7 cm³/mol. The summed E-state index contributed by atoms with van der Waals surface area (Å²) in [4.78, 5) is 8.64. The van der Waals surface area contributed by atoms with Crippen molar-refractivity contribution in [3.8, 4) is 11.6 Å². The molecule has 0 radical (unpaired) electrons. The summed E-state index contributed by atoms with van der Waals surface area (Å²) in [6.45, 7) is 2.44. The van der Waals surface area contributed by atoms with E-state index in [0.717, 1.165) is 27.8 Å². The van der Waals surface area contributed by atoms with Crippen molar-refractivity contribution in [3.63, 3.8) is 0 Å². The number of fused-ring (bicyclic) bond motifs is 1. The SMILES string of the molecule is Cc1cc(CN)cnc1Oc1cccc2ncccc12. The number of benzene rings is 1. The minimum absolute atomic E-state index is 0.478. The molecule has 100 valence electrons. The van der Waals surface area contributed by atoms with Crippen LogP contribution in [0.5, 0.6) is 11.6 Å². The van der Waals surface area contributed by atoms with Gasteiger partial charge in [-0.05, 0) is 42.8 Å². The molecule has 4 nitrogen and oxygen atoms in total. The van der Waals surface area contributed by atoms with Crippen LogP contribution < -0.4 is 10.5 Å². The summed E-state index contributed by atoms with van der Waals surface area (Å²) in [6.07, 6.45) is 3.51. The molecule has 0 aliphatic heterocycles. The normalized spacial score (nSPS) is 10.7. The summed E-state index contributed by atoms with van der Waals surface area (Å²) in [7, 11) is 0. The number of rotatable bonds is 3. The molecule has 2 N–H and O–H groups in total. The van der Waals surface area contributed by atoms with Crippen LogP contribution in [0.3, 0.4) is 0 Å². The molecule has 3 aromatic rings. The molecule has 1 aromatic carbocycles. The Kier molecular flexibility index (Phi) is 3.31. The molecule has 0 aliphatic rings. The van der Waals surface area contributed by atoms with E-state index in [0.29, 0.717) is 12.4 Å². The molecule has 3 rings (SSSR count). The van der Waals surface area contributed by atoms with E-state index in [2.05, 4.69) is 9.97 Å². The fraction of sp³-hybridized carbons (Fsp3) is 0.125. The average Bonchev–Trinajstić information content (AvgIpc) is 2.49. The number of hydrogen-bond acceptors (Lipinski definition) is 4. The highest BCUT2D eigenvalue weighted by Crippen LogP contribution is 2.29. The maximum absolute atomic E-state index is 5.93. The van der Waals surface area contributed by atoms with E-state index in [4.69, 9.17) is 10.5 Å². The topological polar surface area (TPSA) is 61.0 Å². The van der Waals surface area contributed by atoms with Crippen molar-refractivity contribution >= 4 is 10.9 Å². The smallest absolute Gasteiger partial charge is 0.222 e. The highest BCUT2D eigenvalue weighted by Gasteiger charge is 2.07. The molecule has 0 unspecified atom stereocenters. The zero-order valence-corrected chi connectivity index (χ0v) is 11.2. The molecular formula is C16H15N3O. The number of nitrogens with zero attached hydrogens (tertiary/aromatic N) is 2. The third kappa shape index (κ3) is 2.33. The van der Waals surface area contributed by atoms with Gasteiger partial charge in [0.15, 0.2) is 0 Å². The minimum atomic E-state index is 0.478. The fourth-order valence-electron chi connectivity index (χ4n) is 2.11. The van der Waals surface area contributed by atoms with Gasteiger partial charge in [-0.2, -0.15) is 0 Å². The molecule has 0 saturated heterocycles. The van der Waals surface area contributed by atoms with Crippen LogP contribution in [0.4, 0.5) is 0 Å². The highest BCUT2D eigenvalue weighted by atomic mass is 16.5. The van der Waals surface area contributed by atoms with Crippen LogP contribution in [0.15, 0.2) is 48.8 Å². The number of nitrogens with two attached hydrogens (primary N) is 1. The van der Waals surface area contributed by atoms with Gasteiger partial charge in [-0.25, -0.2) is 4.98 Å². The number of aromatic nitrogens is 2. The first kappa shape index (κ1) is 12.6. The first-order chi connectivity index (χ1) is 9.78. The molecule has 0 aliphatic carbocycles. The Bertz CT molecular complexity index is 750. The third-order valence-electron chi connectivity index (χ3n) is 3.13.